The molecule has 11 atom stereocenters. The molecule has 2 aromatic rings. The summed E-state index contributed by atoms with van der Waals surface area (Å²) in [6, 6.07) is 4.75. The summed E-state index contributed by atoms with van der Waals surface area (Å²) >= 11 is 0. The number of rotatable bonds is 35. The van der Waals surface area contributed by atoms with Crippen LogP contribution < -0.4 is 77.4 Å². The van der Waals surface area contributed by atoms with Crippen LogP contribution in [0.25, 0.3) is 0 Å². The van der Waals surface area contributed by atoms with E-state index in [2.05, 4.69) is 52.2 Å². The quantitative estimate of drug-likeness (QED) is 0.0174. The highest BCUT2D eigenvalue weighted by molar-refractivity contribution is 5.99. The van der Waals surface area contributed by atoms with E-state index < -0.39 is 138 Å². The van der Waals surface area contributed by atoms with E-state index in [4.69, 9.17) is 40.1 Å². The highest BCUT2D eigenvalue weighted by Gasteiger charge is 2.45. The molecule has 3 fully saturated rings. The number of hydrogen-bond acceptors (Lipinski definition) is 16. The van der Waals surface area contributed by atoms with Crippen LogP contribution in [0.3, 0.4) is 0 Å². The van der Waals surface area contributed by atoms with Crippen LogP contribution in [0.4, 0.5) is 0 Å². The number of aliphatic hydroxyl groups excluding tert-OH is 1. The molecule has 3 aliphatic heterocycles. The Hall–Kier alpha value is -9.66. The van der Waals surface area contributed by atoms with Gasteiger partial charge in [0.05, 0.1) is 18.7 Å². The Balaban J connectivity index is 1.26. The minimum absolute atomic E-state index is 0.0143. The number of aliphatic carboxylic acids is 1. The first-order valence-corrected chi connectivity index (χ1v) is 31.2. The third kappa shape index (κ3) is 23.5. The zero-order valence-electron chi connectivity index (χ0n) is 52.6. The Labute approximate surface area is 539 Å². The van der Waals surface area contributed by atoms with Gasteiger partial charge in [0.2, 0.25) is 59.1 Å². The van der Waals surface area contributed by atoms with Gasteiger partial charge >= 0.3 is 5.97 Å². The molecule has 0 radical (unpaired) electrons. The molecule has 23 N–H and O–H groups in total. The van der Waals surface area contributed by atoms with E-state index >= 15 is 0 Å². The molecule has 3 heterocycles. The lowest BCUT2D eigenvalue weighted by atomic mass is 10.0. The third-order valence-corrected chi connectivity index (χ3v) is 15.9. The summed E-state index contributed by atoms with van der Waals surface area (Å²) in [6.45, 7) is 2.64. The molecule has 93 heavy (non-hydrogen) atoms. The van der Waals surface area contributed by atoms with Crippen molar-refractivity contribution in [3.63, 3.8) is 0 Å². The number of aliphatic imine (C=N–C) groups is 3. The standard InChI is InChI=1S/C60H92N20O13/c1-34(61)48(83)73-38(19-9-25-68-58(62)63)49(84)74-39(20-10-26-69-59(64)65)54(89)80-30-14-24-45(80)55(90)78-28-12-22-43(78)52(87)71-33-46(82)72-41(31-36-15-5-3-6-16-36)51(86)77-47(35(2)81)56(91)79-29-13-23-44(79)53(88)76-42(32-37-17-7-4-8-18-37)50(85)75-40(57(92)93)21-11-27-70-60(66)67/h3-8,15-18,34-35,38-45,47,81H,9-14,19-33,61H2,1-2H3,(H,71,87)(H,72,82)(H,73,83)(H,74,84)(H,75,85)(H,76,88)(H,77,86)(H,92,93)(H4,62,63,68)(H4,64,65,69)(H4,66,67,70)/t34-,35+,38-,39-,40-,41-,42-,43-,44-,45-,47-/m0/s1. The van der Waals surface area contributed by atoms with E-state index in [0.717, 1.165) is 0 Å². The number of carbonyl (C=O) groups excluding carboxylic acids is 10. The van der Waals surface area contributed by atoms with E-state index in [1.165, 1.54) is 28.5 Å². The second kappa shape index (κ2) is 37.0. The Bertz CT molecular complexity index is 3000. The minimum Gasteiger partial charge on any atom is -0.480 e. The Kier molecular flexibility index (Phi) is 29.5. The molecule has 0 aromatic heterocycles. The normalized spacial score (nSPS) is 18.5. The number of nitrogens with two attached hydrogens (primary N) is 7. The number of amides is 10. The summed E-state index contributed by atoms with van der Waals surface area (Å²) in [5.74, 6) is -9.20. The van der Waals surface area contributed by atoms with E-state index in [1.54, 1.807) is 60.7 Å². The van der Waals surface area contributed by atoms with Crippen molar-refractivity contribution in [2.24, 2.45) is 55.1 Å². The maximum atomic E-state index is 14.5. The summed E-state index contributed by atoms with van der Waals surface area (Å²) in [5.41, 5.74) is 39.8. The van der Waals surface area contributed by atoms with Gasteiger partial charge in [-0.2, -0.15) is 0 Å². The molecule has 33 nitrogen and oxygen atoms in total. The van der Waals surface area contributed by atoms with E-state index in [-0.39, 0.29) is 128 Å². The average molecular weight is 1300 g/mol. The highest BCUT2D eigenvalue weighted by Crippen LogP contribution is 2.27. The number of nitrogens with zero attached hydrogens (tertiary/aromatic N) is 6. The summed E-state index contributed by atoms with van der Waals surface area (Å²) in [7, 11) is 0. The maximum Gasteiger partial charge on any atom is 0.326 e. The molecule has 0 saturated carbocycles. The van der Waals surface area contributed by atoms with Gasteiger partial charge in [-0.15, -0.1) is 0 Å². The van der Waals surface area contributed by atoms with Gasteiger partial charge in [0.25, 0.3) is 0 Å². The average Bonchev–Trinajstić information content (AvgIpc) is 1.71. The second-order valence-corrected chi connectivity index (χ2v) is 23.2. The smallest absolute Gasteiger partial charge is 0.326 e. The summed E-state index contributed by atoms with van der Waals surface area (Å²) in [4.78, 5) is 168. The molecule has 33 heteroatoms. The van der Waals surface area contributed by atoms with Gasteiger partial charge in [0.15, 0.2) is 17.9 Å². The number of hydrogen-bond donors (Lipinski definition) is 16. The molecule has 0 spiro atoms. The predicted octanol–water partition coefficient (Wildman–Crippen LogP) is -5.56. The number of likely N-dealkylation sites (tertiary alicyclic amines) is 3. The van der Waals surface area contributed by atoms with Crippen molar-refractivity contribution in [2.75, 3.05) is 45.8 Å². The lowest BCUT2D eigenvalue weighted by Gasteiger charge is -2.33. The first-order chi connectivity index (χ1) is 44.2. The van der Waals surface area contributed by atoms with Crippen LogP contribution in [0.15, 0.2) is 75.6 Å². The molecule has 3 aliphatic rings. The number of guanidine groups is 3. The number of carbonyl (C=O) groups is 11. The van der Waals surface area contributed by atoms with Gasteiger partial charge < -0.3 is 102 Å². The van der Waals surface area contributed by atoms with Gasteiger partial charge in [0, 0.05) is 52.1 Å². The fourth-order valence-corrected chi connectivity index (χ4v) is 11.2. The Morgan fingerprint density at radius 1 is 0.505 bits per heavy atom. The molecule has 0 unspecified atom stereocenters. The van der Waals surface area contributed by atoms with Crippen LogP contribution in [0.5, 0.6) is 0 Å². The fourth-order valence-electron chi connectivity index (χ4n) is 11.2. The van der Waals surface area contributed by atoms with Crippen molar-refractivity contribution >= 4 is 82.9 Å². The molecule has 0 aliphatic carbocycles. The van der Waals surface area contributed by atoms with Crippen LogP contribution in [0.1, 0.15) is 102 Å². The molecule has 2 aromatic carbocycles. The van der Waals surface area contributed by atoms with Crippen molar-refractivity contribution in [1.82, 2.24) is 51.9 Å². The zero-order valence-corrected chi connectivity index (χ0v) is 52.6. The van der Waals surface area contributed by atoms with Crippen LogP contribution in [0, 0.1) is 0 Å². The lowest BCUT2D eigenvalue weighted by molar-refractivity contribution is -0.148. The number of carboxylic acids is 1. The van der Waals surface area contributed by atoms with E-state index in [0.29, 0.717) is 30.4 Å². The molecule has 510 valence electrons. The van der Waals surface area contributed by atoms with Gasteiger partial charge in [0.1, 0.15) is 54.4 Å². The zero-order chi connectivity index (χ0) is 68.3. The van der Waals surface area contributed by atoms with Gasteiger partial charge in [-0.05, 0) is 102 Å². The van der Waals surface area contributed by atoms with E-state index in [1.807, 2.05) is 0 Å². The van der Waals surface area contributed by atoms with Crippen molar-refractivity contribution in [3.05, 3.63) is 71.8 Å². The largest absolute Gasteiger partial charge is 0.480 e. The van der Waals surface area contributed by atoms with Gasteiger partial charge in [-0.25, -0.2) is 4.79 Å². The molecular formula is C60H92N20O13. The predicted molar refractivity (Wildman–Crippen MR) is 342 cm³/mol. The lowest BCUT2D eigenvalue weighted by Crippen LogP contribution is -2.61. The summed E-state index contributed by atoms with van der Waals surface area (Å²) in [6.07, 6.45) is 0.687. The summed E-state index contributed by atoms with van der Waals surface area (Å²) in [5, 5.41) is 39.4. The van der Waals surface area contributed by atoms with Crippen molar-refractivity contribution in [2.45, 2.75) is 170 Å². The first kappa shape index (κ1) is 74.1. The van der Waals surface area contributed by atoms with Crippen molar-refractivity contribution in [1.29, 1.82) is 0 Å². The topological polar surface area (TPSA) is 541 Å². The molecule has 10 amide bonds. The number of aliphatic hydroxyl groups is 1. The Morgan fingerprint density at radius 2 is 0.925 bits per heavy atom. The minimum atomic E-state index is -1.66. The second-order valence-electron chi connectivity index (χ2n) is 23.2. The highest BCUT2D eigenvalue weighted by atomic mass is 16.4. The molecule has 3 saturated heterocycles. The monoisotopic (exact) mass is 1300 g/mol. The fraction of sp³-hybridized carbons (Fsp3) is 0.567. The van der Waals surface area contributed by atoms with Crippen molar-refractivity contribution in [3.8, 4) is 0 Å². The van der Waals surface area contributed by atoms with Gasteiger partial charge in [-0.3, -0.25) is 62.9 Å². The number of carboxylic acid groups (broad SMARTS) is 1. The van der Waals surface area contributed by atoms with Crippen molar-refractivity contribution < 1.29 is 63.0 Å². The van der Waals surface area contributed by atoms with Crippen LogP contribution in [0.2, 0.25) is 0 Å². The molecule has 5 rings (SSSR count). The summed E-state index contributed by atoms with van der Waals surface area (Å²) < 4.78 is 0. The maximum absolute atomic E-state index is 14.5. The Morgan fingerprint density at radius 3 is 1.42 bits per heavy atom. The first-order valence-electron chi connectivity index (χ1n) is 31.2. The van der Waals surface area contributed by atoms with Gasteiger partial charge in [-0.1, -0.05) is 60.7 Å². The number of nitrogens with one attached hydrogen (secondary N) is 7. The number of benzene rings is 2. The van der Waals surface area contributed by atoms with Crippen LogP contribution >= 0.6 is 0 Å². The van der Waals surface area contributed by atoms with Crippen LogP contribution in [-0.2, 0) is 65.6 Å². The molecular weight excluding hydrogens is 1210 g/mol. The van der Waals surface area contributed by atoms with E-state index in [9.17, 15) is 63.0 Å². The van der Waals surface area contributed by atoms with Crippen LogP contribution in [-0.4, -0.2) is 220 Å². The molecule has 0 bridgehead atoms. The SMILES string of the molecule is C[C@H](N)C(=O)N[C@@H](CCCN=C(N)N)C(=O)N[C@@H](CCCN=C(N)N)C(=O)N1CCC[C@H]1C(=O)N1CCC[C@H]1C(=O)NCC(=O)N[C@@H](Cc1ccccc1)C(=O)N[C@H](C(=O)N1CCC[C@H]1C(=O)N[C@@H](Cc1ccccc1)C(=O)N[C@@H](CCCN=C(N)N)C(=O)O)[C@@H](C)O. The third-order valence-electron chi connectivity index (χ3n) is 15.9.